The normalized spacial score (nSPS) is 26.5. The first-order chi connectivity index (χ1) is 15.8. The van der Waals surface area contributed by atoms with Gasteiger partial charge in [0.25, 0.3) is 11.8 Å². The van der Waals surface area contributed by atoms with Crippen molar-refractivity contribution >= 4 is 35.0 Å². The van der Waals surface area contributed by atoms with Gasteiger partial charge in [0.1, 0.15) is 12.1 Å². The minimum Gasteiger partial charge on any atom is -0.349 e. The fraction of sp³-hybridized carbons (Fsp3) is 0.417. The summed E-state index contributed by atoms with van der Waals surface area (Å²) in [6.45, 7) is 4.47. The molecule has 4 unspecified atom stereocenters. The van der Waals surface area contributed by atoms with Crippen LogP contribution in [0.2, 0.25) is 0 Å². The Morgan fingerprint density at radius 2 is 2.00 bits per heavy atom. The molecule has 4 amide bonds. The number of hydrogen-bond donors (Lipinski definition) is 2. The molecule has 4 atom stereocenters. The molecule has 8 nitrogen and oxygen atoms in total. The third-order valence-electron chi connectivity index (χ3n) is 6.83. The molecule has 3 aliphatic rings. The molecule has 172 valence electrons. The number of carbonyl (C=O) groups is 4. The van der Waals surface area contributed by atoms with Crippen LogP contribution in [0.25, 0.3) is 0 Å². The largest absolute Gasteiger partial charge is 0.349 e. The maximum Gasteiger partial charge on any atom is 0.261 e. The van der Waals surface area contributed by atoms with Crippen LogP contribution in [0.4, 0.5) is 0 Å². The molecule has 5 rings (SSSR count). The molecule has 2 aromatic rings. The van der Waals surface area contributed by atoms with Crippen LogP contribution in [-0.2, 0) is 9.59 Å². The average molecular weight is 467 g/mol. The molecule has 4 heterocycles. The van der Waals surface area contributed by atoms with E-state index in [9.17, 15) is 19.2 Å². The van der Waals surface area contributed by atoms with Crippen LogP contribution in [0.3, 0.4) is 0 Å². The quantitative estimate of drug-likeness (QED) is 0.716. The number of amides is 4. The maximum atomic E-state index is 13.6. The lowest BCUT2D eigenvalue weighted by molar-refractivity contribution is -0.138. The lowest BCUT2D eigenvalue weighted by atomic mass is 10.0. The first-order valence-corrected chi connectivity index (χ1v) is 12.0. The van der Waals surface area contributed by atoms with Crippen LogP contribution in [0, 0.1) is 13.8 Å². The summed E-state index contributed by atoms with van der Waals surface area (Å²) in [4.78, 5) is 56.3. The summed E-state index contributed by atoms with van der Waals surface area (Å²) in [6, 6.07) is 7.15. The summed E-state index contributed by atoms with van der Waals surface area (Å²) in [5.41, 5.74) is 2.41. The van der Waals surface area contributed by atoms with Gasteiger partial charge in [-0.25, -0.2) is 0 Å². The molecular formula is C24H26N4O4S. The molecule has 3 fully saturated rings. The predicted molar refractivity (Wildman–Crippen MR) is 123 cm³/mol. The van der Waals surface area contributed by atoms with Gasteiger partial charge in [-0.3, -0.25) is 19.2 Å². The van der Waals surface area contributed by atoms with E-state index in [2.05, 4.69) is 10.6 Å². The lowest BCUT2D eigenvalue weighted by Crippen LogP contribution is -2.52. The smallest absolute Gasteiger partial charge is 0.261 e. The van der Waals surface area contributed by atoms with Gasteiger partial charge in [-0.05, 0) is 49.8 Å². The summed E-state index contributed by atoms with van der Waals surface area (Å²) in [5.74, 6) is -0.838. The molecule has 9 heteroatoms. The topological polar surface area (TPSA) is 98.8 Å². The second-order valence-corrected chi connectivity index (χ2v) is 10.0. The van der Waals surface area contributed by atoms with E-state index in [4.69, 9.17) is 0 Å². The molecule has 0 bridgehead atoms. The number of fused-ring (bicyclic) bond motifs is 2. The van der Waals surface area contributed by atoms with E-state index in [1.54, 1.807) is 21.9 Å². The van der Waals surface area contributed by atoms with E-state index in [0.29, 0.717) is 29.8 Å². The fourth-order valence-corrected chi connectivity index (χ4v) is 5.77. The number of nitrogens with one attached hydrogen (secondary N) is 2. The Hall–Kier alpha value is -3.20. The Balaban J connectivity index is 1.37. The van der Waals surface area contributed by atoms with Crippen molar-refractivity contribution in [3.05, 3.63) is 57.3 Å². The van der Waals surface area contributed by atoms with E-state index < -0.39 is 18.1 Å². The average Bonchev–Trinajstić information content (AvgIpc) is 3.53. The van der Waals surface area contributed by atoms with E-state index in [1.165, 1.54) is 11.3 Å². The minimum atomic E-state index is -0.738. The van der Waals surface area contributed by atoms with Crippen LogP contribution in [0.5, 0.6) is 0 Å². The van der Waals surface area contributed by atoms with Crippen molar-refractivity contribution in [1.29, 1.82) is 0 Å². The van der Waals surface area contributed by atoms with Crippen LogP contribution < -0.4 is 10.6 Å². The molecule has 0 spiro atoms. The molecule has 0 aliphatic carbocycles. The molecule has 3 saturated heterocycles. The fourth-order valence-electron chi connectivity index (χ4n) is 5.14. The van der Waals surface area contributed by atoms with Crippen molar-refractivity contribution in [2.45, 2.75) is 50.9 Å². The summed E-state index contributed by atoms with van der Waals surface area (Å²) >= 11 is 1.34. The number of likely N-dealkylation sites (tertiary alicyclic amines) is 1. The van der Waals surface area contributed by atoms with Crippen molar-refractivity contribution in [1.82, 2.24) is 20.4 Å². The monoisotopic (exact) mass is 466 g/mol. The summed E-state index contributed by atoms with van der Waals surface area (Å²) in [7, 11) is 0. The van der Waals surface area contributed by atoms with Crippen molar-refractivity contribution in [3.63, 3.8) is 0 Å². The maximum absolute atomic E-state index is 13.6. The van der Waals surface area contributed by atoms with Crippen LogP contribution in [0.15, 0.2) is 35.7 Å². The van der Waals surface area contributed by atoms with E-state index in [-0.39, 0.29) is 36.2 Å². The van der Waals surface area contributed by atoms with Crippen LogP contribution in [-0.4, -0.2) is 70.7 Å². The van der Waals surface area contributed by atoms with Crippen molar-refractivity contribution in [2.75, 3.05) is 13.1 Å². The van der Waals surface area contributed by atoms with Crippen LogP contribution >= 0.6 is 11.3 Å². The minimum absolute atomic E-state index is 0.188. The summed E-state index contributed by atoms with van der Waals surface area (Å²) in [5, 5.41) is 7.78. The van der Waals surface area contributed by atoms with Gasteiger partial charge in [-0.2, -0.15) is 0 Å². The van der Waals surface area contributed by atoms with Gasteiger partial charge in [-0.1, -0.05) is 23.8 Å². The molecule has 0 saturated carbocycles. The lowest BCUT2D eigenvalue weighted by Gasteiger charge is -2.29. The predicted octanol–water partition coefficient (Wildman–Crippen LogP) is 1.48. The second-order valence-electron chi connectivity index (χ2n) is 9.06. The Morgan fingerprint density at radius 3 is 2.76 bits per heavy atom. The molecule has 0 radical (unpaired) electrons. The number of benzene rings is 1. The summed E-state index contributed by atoms with van der Waals surface area (Å²) < 4.78 is 0. The van der Waals surface area contributed by atoms with Crippen molar-refractivity contribution in [2.24, 2.45) is 0 Å². The van der Waals surface area contributed by atoms with E-state index >= 15 is 0 Å². The molecule has 1 aromatic carbocycles. The van der Waals surface area contributed by atoms with E-state index in [1.807, 2.05) is 37.4 Å². The molecular weight excluding hydrogens is 440 g/mol. The molecule has 2 N–H and O–H groups in total. The zero-order valence-electron chi connectivity index (χ0n) is 18.5. The number of hydrogen-bond acceptors (Lipinski definition) is 5. The number of thiophene rings is 1. The van der Waals surface area contributed by atoms with Crippen molar-refractivity contribution < 1.29 is 19.2 Å². The van der Waals surface area contributed by atoms with E-state index in [0.717, 1.165) is 11.1 Å². The zero-order valence-corrected chi connectivity index (χ0v) is 19.4. The first kappa shape index (κ1) is 21.6. The number of nitrogens with zero attached hydrogens (tertiary/aromatic N) is 2. The number of aryl methyl sites for hydroxylation is 2. The SMILES string of the molecule is Cc1ccc(C)c(C(=O)N2CCC3NC(=O)C4CC(NC(=O)c5cccs5)CN4C(=O)C32)c1. The standard InChI is InChI=1S/C24H26N4O4S/c1-13-5-6-14(2)16(10-13)23(31)27-8-7-17-20(27)24(32)28-12-15(11-18(28)21(29)26-17)25-22(30)19-4-3-9-33-19/h3-6,9-10,15,17-18,20H,7-8,11-12H2,1-2H3,(H,25,30)(H,26,29). The Bertz CT molecular complexity index is 1130. The highest BCUT2D eigenvalue weighted by molar-refractivity contribution is 7.12. The molecule has 3 aliphatic heterocycles. The second kappa shape index (κ2) is 8.30. The highest BCUT2D eigenvalue weighted by Gasteiger charge is 2.52. The molecule has 33 heavy (non-hydrogen) atoms. The Morgan fingerprint density at radius 1 is 1.18 bits per heavy atom. The molecule has 1 aromatic heterocycles. The Labute approximate surface area is 195 Å². The van der Waals surface area contributed by atoms with Gasteiger partial charge in [-0.15, -0.1) is 11.3 Å². The van der Waals surface area contributed by atoms with Gasteiger partial charge in [0, 0.05) is 24.7 Å². The highest BCUT2D eigenvalue weighted by Crippen LogP contribution is 2.30. The van der Waals surface area contributed by atoms with Gasteiger partial charge in [0.2, 0.25) is 11.8 Å². The number of rotatable bonds is 3. The number of carbonyl (C=O) groups excluding carboxylic acids is 4. The highest BCUT2D eigenvalue weighted by atomic mass is 32.1. The van der Waals surface area contributed by atoms with Gasteiger partial charge in [0.15, 0.2) is 0 Å². The summed E-state index contributed by atoms with van der Waals surface area (Å²) in [6.07, 6.45) is 0.900. The van der Waals surface area contributed by atoms with Gasteiger partial charge in [0.05, 0.1) is 10.9 Å². The van der Waals surface area contributed by atoms with Crippen LogP contribution in [0.1, 0.15) is 44.0 Å². The third kappa shape index (κ3) is 3.80. The Kier molecular flexibility index (Phi) is 5.44. The first-order valence-electron chi connectivity index (χ1n) is 11.2. The van der Waals surface area contributed by atoms with Gasteiger partial charge < -0.3 is 20.4 Å². The zero-order chi connectivity index (χ0) is 23.3. The van der Waals surface area contributed by atoms with Gasteiger partial charge >= 0.3 is 0 Å². The van der Waals surface area contributed by atoms with Crippen molar-refractivity contribution in [3.8, 4) is 0 Å². The third-order valence-corrected chi connectivity index (χ3v) is 7.70.